The van der Waals surface area contributed by atoms with Crippen LogP contribution >= 0.6 is 0 Å². The second-order valence-electron chi connectivity index (χ2n) is 8.60. The van der Waals surface area contributed by atoms with E-state index in [2.05, 4.69) is 21.5 Å². The van der Waals surface area contributed by atoms with Crippen LogP contribution in [0.15, 0.2) is 18.5 Å². The predicted molar refractivity (Wildman–Crippen MR) is 112 cm³/mol. The van der Waals surface area contributed by atoms with Gasteiger partial charge in [0.1, 0.15) is 34.2 Å². The van der Waals surface area contributed by atoms with Gasteiger partial charge in [0, 0.05) is 24.8 Å². The van der Waals surface area contributed by atoms with E-state index in [1.54, 1.807) is 16.5 Å². The van der Waals surface area contributed by atoms with E-state index >= 15 is 0 Å². The summed E-state index contributed by atoms with van der Waals surface area (Å²) >= 11 is 0. The predicted octanol–water partition coefficient (Wildman–Crippen LogP) is 2.96. The highest BCUT2D eigenvalue weighted by atomic mass is 16.6. The van der Waals surface area contributed by atoms with Gasteiger partial charge in [-0.3, -0.25) is 0 Å². The van der Waals surface area contributed by atoms with E-state index in [4.69, 9.17) is 9.47 Å². The molecule has 4 heterocycles. The van der Waals surface area contributed by atoms with Crippen LogP contribution in [-0.4, -0.2) is 61.4 Å². The van der Waals surface area contributed by atoms with Crippen molar-refractivity contribution in [2.45, 2.75) is 45.8 Å². The Hall–Kier alpha value is -3.61. The smallest absolute Gasteiger partial charge is 0.410 e. The molecule has 0 bridgehead atoms. The second-order valence-corrected chi connectivity index (χ2v) is 8.60. The molecule has 0 unspecified atom stereocenters. The Morgan fingerprint density at radius 3 is 2.81 bits per heavy atom. The number of carbonyl (C=O) groups excluding carboxylic acids is 1. The molecule has 1 aliphatic heterocycles. The quantitative estimate of drug-likeness (QED) is 0.637. The zero-order valence-corrected chi connectivity index (χ0v) is 18.3. The number of nitrogens with zero attached hydrogens (tertiary/aromatic N) is 7. The highest BCUT2D eigenvalue weighted by Gasteiger charge is 2.32. The molecule has 4 rings (SSSR count). The lowest BCUT2D eigenvalue weighted by Gasteiger charge is -2.24. The Kier molecular flexibility index (Phi) is 5.05. The van der Waals surface area contributed by atoms with Gasteiger partial charge in [0.2, 0.25) is 0 Å². The lowest BCUT2D eigenvalue weighted by atomic mass is 10.1. The molecule has 162 valence electrons. The number of pyridine rings is 1. The van der Waals surface area contributed by atoms with Gasteiger partial charge in [-0.25, -0.2) is 14.0 Å². The molecular weight excluding hydrogens is 398 g/mol. The van der Waals surface area contributed by atoms with E-state index in [-0.39, 0.29) is 12.1 Å². The van der Waals surface area contributed by atoms with Crippen molar-refractivity contribution in [2.75, 3.05) is 20.2 Å². The fourth-order valence-corrected chi connectivity index (χ4v) is 3.84. The van der Waals surface area contributed by atoms with Gasteiger partial charge >= 0.3 is 6.09 Å². The molecule has 3 aromatic rings. The minimum atomic E-state index is -0.527. The summed E-state index contributed by atoms with van der Waals surface area (Å²) in [6.07, 6.45) is 3.78. The largest absolute Gasteiger partial charge is 0.494 e. The van der Waals surface area contributed by atoms with Gasteiger partial charge in [-0.2, -0.15) is 10.4 Å². The van der Waals surface area contributed by atoms with E-state index in [1.807, 2.05) is 44.6 Å². The van der Waals surface area contributed by atoms with Crippen LogP contribution in [0.25, 0.3) is 16.8 Å². The molecule has 3 aromatic heterocycles. The van der Waals surface area contributed by atoms with Crippen LogP contribution in [0.5, 0.6) is 5.75 Å². The lowest BCUT2D eigenvalue weighted by Crippen LogP contribution is -2.35. The molecule has 0 N–H and O–H groups in total. The van der Waals surface area contributed by atoms with Crippen molar-refractivity contribution in [1.82, 2.24) is 29.5 Å². The van der Waals surface area contributed by atoms with Crippen molar-refractivity contribution in [3.63, 3.8) is 0 Å². The molecule has 1 atom stereocenters. The van der Waals surface area contributed by atoms with Gasteiger partial charge in [0.25, 0.3) is 0 Å². The van der Waals surface area contributed by atoms with Crippen LogP contribution < -0.4 is 4.74 Å². The number of hydrogen-bond acceptors (Lipinski definition) is 7. The minimum absolute atomic E-state index is 0.0225. The van der Waals surface area contributed by atoms with Crippen LogP contribution in [0.2, 0.25) is 0 Å². The number of nitriles is 1. The van der Waals surface area contributed by atoms with E-state index in [9.17, 15) is 10.1 Å². The summed E-state index contributed by atoms with van der Waals surface area (Å²) in [6.45, 7) is 8.65. The van der Waals surface area contributed by atoms with Gasteiger partial charge in [-0.15, -0.1) is 5.10 Å². The number of amides is 1. The first kappa shape index (κ1) is 20.7. The maximum Gasteiger partial charge on any atom is 0.410 e. The molecule has 1 amide bonds. The van der Waals surface area contributed by atoms with Crippen molar-refractivity contribution in [3.05, 3.63) is 29.7 Å². The molecule has 0 saturated carbocycles. The fraction of sp³-hybridized carbons (Fsp3) is 0.476. The SMILES string of the molecule is COc1cc(-c2nnn([C@H]3CCN(C(=O)OC(C)(C)C)C3)c2C)cn2ncc(C#N)c12. The van der Waals surface area contributed by atoms with Crippen LogP contribution in [0.1, 0.15) is 44.5 Å². The average Bonchev–Trinajstić information content (AvgIpc) is 3.43. The Labute approximate surface area is 180 Å². The maximum atomic E-state index is 12.4. The number of likely N-dealkylation sites (tertiary alicyclic amines) is 1. The zero-order valence-electron chi connectivity index (χ0n) is 18.3. The van der Waals surface area contributed by atoms with Crippen molar-refractivity contribution in [3.8, 4) is 23.1 Å². The van der Waals surface area contributed by atoms with Gasteiger partial charge < -0.3 is 14.4 Å². The second kappa shape index (κ2) is 7.58. The topological polar surface area (TPSA) is 111 Å². The summed E-state index contributed by atoms with van der Waals surface area (Å²) in [6, 6.07) is 3.98. The average molecular weight is 423 g/mol. The highest BCUT2D eigenvalue weighted by molar-refractivity contribution is 5.74. The number of methoxy groups -OCH3 is 1. The van der Waals surface area contributed by atoms with Crippen LogP contribution in [-0.2, 0) is 4.74 Å². The molecule has 10 nitrogen and oxygen atoms in total. The first-order valence-electron chi connectivity index (χ1n) is 10.1. The number of hydrogen-bond donors (Lipinski definition) is 0. The summed E-state index contributed by atoms with van der Waals surface area (Å²) in [4.78, 5) is 14.1. The summed E-state index contributed by atoms with van der Waals surface area (Å²) in [5.41, 5.74) is 2.89. The molecule has 1 saturated heterocycles. The third-order valence-corrected chi connectivity index (χ3v) is 5.28. The first-order valence-corrected chi connectivity index (χ1v) is 10.1. The highest BCUT2D eigenvalue weighted by Crippen LogP contribution is 2.32. The molecule has 1 fully saturated rings. The summed E-state index contributed by atoms with van der Waals surface area (Å²) in [5, 5.41) is 22.3. The molecule has 0 aliphatic carbocycles. The Morgan fingerprint density at radius 2 is 2.13 bits per heavy atom. The molecule has 1 aliphatic rings. The summed E-state index contributed by atoms with van der Waals surface area (Å²) in [5.74, 6) is 0.539. The van der Waals surface area contributed by atoms with Crippen molar-refractivity contribution >= 4 is 11.6 Å². The van der Waals surface area contributed by atoms with Crippen molar-refractivity contribution in [2.24, 2.45) is 0 Å². The lowest BCUT2D eigenvalue weighted by molar-refractivity contribution is 0.0288. The normalized spacial score (nSPS) is 16.5. The standard InChI is InChI=1S/C21H25N7O3/c1-13-18(14-8-17(30-5)19-15(9-22)10-23-27(19)11-14)24-25-28(13)16-6-7-26(12-16)20(29)31-21(2,3)4/h8,10-11,16H,6-7,12H2,1-5H3/t16-/m0/s1. The minimum Gasteiger partial charge on any atom is -0.494 e. The summed E-state index contributed by atoms with van der Waals surface area (Å²) < 4.78 is 14.5. The van der Waals surface area contributed by atoms with Crippen LogP contribution in [0.3, 0.4) is 0 Å². The molecule has 0 spiro atoms. The zero-order chi connectivity index (χ0) is 22.3. The van der Waals surface area contributed by atoms with Gasteiger partial charge in [0.05, 0.1) is 25.0 Å². The number of fused-ring (bicyclic) bond motifs is 1. The Balaban J connectivity index is 1.61. The van der Waals surface area contributed by atoms with E-state index in [0.29, 0.717) is 35.6 Å². The third kappa shape index (κ3) is 3.79. The monoisotopic (exact) mass is 423 g/mol. The van der Waals surface area contributed by atoms with Gasteiger partial charge in [-0.1, -0.05) is 5.21 Å². The molecule has 0 radical (unpaired) electrons. The molecule has 0 aromatic carbocycles. The summed E-state index contributed by atoms with van der Waals surface area (Å²) in [7, 11) is 1.56. The Morgan fingerprint density at radius 1 is 1.35 bits per heavy atom. The maximum absolute atomic E-state index is 12.4. The number of carbonyl (C=O) groups is 1. The van der Waals surface area contributed by atoms with Gasteiger partial charge in [0.15, 0.2) is 0 Å². The van der Waals surface area contributed by atoms with Crippen LogP contribution in [0, 0.1) is 18.3 Å². The Bertz CT molecular complexity index is 1180. The number of aromatic nitrogens is 5. The first-order chi connectivity index (χ1) is 14.7. The van der Waals surface area contributed by atoms with Crippen LogP contribution in [0.4, 0.5) is 4.79 Å². The van der Waals surface area contributed by atoms with E-state index in [1.165, 1.54) is 6.20 Å². The van der Waals surface area contributed by atoms with E-state index < -0.39 is 5.60 Å². The van der Waals surface area contributed by atoms with Gasteiger partial charge in [-0.05, 0) is 40.2 Å². The number of rotatable bonds is 3. The van der Waals surface area contributed by atoms with Crippen molar-refractivity contribution in [1.29, 1.82) is 5.26 Å². The fourth-order valence-electron chi connectivity index (χ4n) is 3.84. The molecular formula is C21H25N7O3. The molecule has 31 heavy (non-hydrogen) atoms. The van der Waals surface area contributed by atoms with E-state index in [0.717, 1.165) is 17.7 Å². The third-order valence-electron chi connectivity index (χ3n) is 5.28. The number of ether oxygens (including phenoxy) is 2. The molecule has 10 heteroatoms. The van der Waals surface area contributed by atoms with Crippen molar-refractivity contribution < 1.29 is 14.3 Å².